The van der Waals surface area contributed by atoms with Gasteiger partial charge in [0.25, 0.3) is 0 Å². The Balaban J connectivity index is 1.82. The molecule has 3 N–H and O–H groups in total. The van der Waals surface area contributed by atoms with Crippen molar-refractivity contribution in [3.8, 4) is 0 Å². The third kappa shape index (κ3) is 5.24. The molecule has 0 spiro atoms. The van der Waals surface area contributed by atoms with Gasteiger partial charge in [0.2, 0.25) is 11.8 Å². The molecule has 0 unspecified atom stereocenters. The number of nitrogens with one attached hydrogen (secondary N) is 1. The number of primary amides is 1. The van der Waals surface area contributed by atoms with Gasteiger partial charge >= 0.3 is 0 Å². The second-order valence-electron chi connectivity index (χ2n) is 5.73. The largest absolute Gasteiger partial charge is 0.366 e. The van der Waals surface area contributed by atoms with E-state index in [1.54, 1.807) is 25.1 Å². The van der Waals surface area contributed by atoms with Gasteiger partial charge in [0.1, 0.15) is 5.82 Å². The molecule has 5 nitrogen and oxygen atoms in total. The van der Waals surface area contributed by atoms with E-state index in [2.05, 4.69) is 5.32 Å². The van der Waals surface area contributed by atoms with Crippen molar-refractivity contribution in [2.45, 2.75) is 26.2 Å². The highest BCUT2D eigenvalue weighted by molar-refractivity contribution is 5.97. The van der Waals surface area contributed by atoms with E-state index in [0.717, 1.165) is 0 Å². The van der Waals surface area contributed by atoms with E-state index < -0.39 is 11.7 Å². The van der Waals surface area contributed by atoms with Gasteiger partial charge in [-0.25, -0.2) is 4.39 Å². The number of Topliss-reactive ketones (excluding diaryl/α,β-unsaturated/α-hetero) is 1. The number of carbonyl (C=O) groups excluding carboxylic acids is 3. The molecule has 2 aromatic rings. The predicted octanol–water partition coefficient (Wildman–Crippen LogP) is 3.22. The second-order valence-corrected chi connectivity index (χ2v) is 5.73. The van der Waals surface area contributed by atoms with Crippen LogP contribution in [0.4, 0.5) is 10.1 Å². The maximum Gasteiger partial charge on any atom is 0.248 e. The summed E-state index contributed by atoms with van der Waals surface area (Å²) in [6, 6.07) is 10.2. The average molecular weight is 342 g/mol. The zero-order chi connectivity index (χ0) is 18.4. The quantitative estimate of drug-likeness (QED) is 0.757. The summed E-state index contributed by atoms with van der Waals surface area (Å²) in [6.07, 6.45) is 0.780. The van der Waals surface area contributed by atoms with Crippen LogP contribution in [0.5, 0.6) is 0 Å². The number of aryl methyl sites for hydroxylation is 1. The Morgan fingerprint density at radius 1 is 1.04 bits per heavy atom. The van der Waals surface area contributed by atoms with Crippen molar-refractivity contribution in [1.29, 1.82) is 0 Å². The first kappa shape index (κ1) is 18.3. The number of benzene rings is 2. The molecule has 2 aromatic carbocycles. The fourth-order valence-electron chi connectivity index (χ4n) is 2.43. The maximum atomic E-state index is 12.8. The topological polar surface area (TPSA) is 89.3 Å². The van der Waals surface area contributed by atoms with Gasteiger partial charge in [-0.1, -0.05) is 0 Å². The minimum atomic E-state index is -0.519. The Kier molecular flexibility index (Phi) is 6.00. The highest BCUT2D eigenvalue weighted by Gasteiger charge is 2.10. The Hall–Kier alpha value is -3.02. The summed E-state index contributed by atoms with van der Waals surface area (Å²) in [7, 11) is 0. The number of nitrogens with two attached hydrogens (primary N) is 1. The minimum Gasteiger partial charge on any atom is -0.366 e. The Morgan fingerprint density at radius 2 is 1.72 bits per heavy atom. The van der Waals surface area contributed by atoms with Crippen molar-refractivity contribution in [3.05, 3.63) is 65.0 Å². The van der Waals surface area contributed by atoms with Crippen molar-refractivity contribution in [3.63, 3.8) is 0 Å². The van der Waals surface area contributed by atoms with Crippen LogP contribution in [0.3, 0.4) is 0 Å². The van der Waals surface area contributed by atoms with Gasteiger partial charge in [0.15, 0.2) is 5.78 Å². The van der Waals surface area contributed by atoms with E-state index in [0.29, 0.717) is 28.8 Å². The number of rotatable bonds is 7. The molecule has 0 aliphatic heterocycles. The van der Waals surface area contributed by atoms with Gasteiger partial charge in [-0.2, -0.15) is 0 Å². The predicted molar refractivity (Wildman–Crippen MR) is 92.9 cm³/mol. The fraction of sp³-hybridized carbons (Fsp3) is 0.211. The monoisotopic (exact) mass is 342 g/mol. The van der Waals surface area contributed by atoms with E-state index in [4.69, 9.17) is 5.73 Å². The molecule has 2 rings (SSSR count). The first-order valence-electron chi connectivity index (χ1n) is 7.86. The third-order valence-corrected chi connectivity index (χ3v) is 3.75. The van der Waals surface area contributed by atoms with E-state index in [9.17, 15) is 18.8 Å². The lowest BCUT2D eigenvalue weighted by molar-refractivity contribution is -0.116. The molecule has 0 fully saturated rings. The molecular weight excluding hydrogens is 323 g/mol. The number of ketones is 1. The molecule has 0 atom stereocenters. The van der Waals surface area contributed by atoms with Crippen LogP contribution >= 0.6 is 0 Å². The van der Waals surface area contributed by atoms with Crippen molar-refractivity contribution >= 4 is 23.3 Å². The minimum absolute atomic E-state index is 0.130. The standard InChI is InChI=1S/C19H19FN2O3/c1-12-11-15(9-10-16(12)19(21)25)22-18(24)4-2-3-17(23)13-5-7-14(20)8-6-13/h5-11H,2-4H2,1H3,(H2,21,25)(H,22,24). The first-order chi connectivity index (χ1) is 11.9. The molecule has 0 saturated heterocycles. The second kappa shape index (κ2) is 8.19. The lowest BCUT2D eigenvalue weighted by atomic mass is 10.1. The van der Waals surface area contributed by atoms with Gasteiger partial charge in [-0.3, -0.25) is 14.4 Å². The maximum absolute atomic E-state index is 12.8. The molecule has 0 bridgehead atoms. The molecule has 2 amide bonds. The zero-order valence-electron chi connectivity index (χ0n) is 13.8. The van der Waals surface area contributed by atoms with Crippen LogP contribution in [0.15, 0.2) is 42.5 Å². The lowest BCUT2D eigenvalue weighted by Crippen LogP contribution is -2.15. The molecule has 0 saturated carbocycles. The first-order valence-corrected chi connectivity index (χ1v) is 7.86. The average Bonchev–Trinajstić information content (AvgIpc) is 2.55. The molecule has 0 aromatic heterocycles. The summed E-state index contributed by atoms with van der Waals surface area (Å²) >= 11 is 0. The summed E-state index contributed by atoms with van der Waals surface area (Å²) in [5.74, 6) is -1.27. The van der Waals surface area contributed by atoms with Crippen molar-refractivity contribution in [1.82, 2.24) is 0 Å². The van der Waals surface area contributed by atoms with Crippen LogP contribution in [0, 0.1) is 12.7 Å². The Labute approximate surface area is 145 Å². The lowest BCUT2D eigenvalue weighted by Gasteiger charge is -2.08. The molecular formula is C19H19FN2O3. The molecule has 25 heavy (non-hydrogen) atoms. The van der Waals surface area contributed by atoms with E-state index in [1.807, 2.05) is 0 Å². The van der Waals surface area contributed by atoms with Crippen molar-refractivity contribution < 1.29 is 18.8 Å². The van der Waals surface area contributed by atoms with Gasteiger partial charge in [-0.15, -0.1) is 0 Å². The number of hydrogen-bond acceptors (Lipinski definition) is 3. The normalized spacial score (nSPS) is 10.3. The molecule has 130 valence electrons. The van der Waals surface area contributed by atoms with Gasteiger partial charge in [0.05, 0.1) is 0 Å². The van der Waals surface area contributed by atoms with Crippen molar-refractivity contribution in [2.75, 3.05) is 5.32 Å². The smallest absolute Gasteiger partial charge is 0.248 e. The number of halogens is 1. The molecule has 0 aliphatic carbocycles. The molecule has 0 heterocycles. The number of amides is 2. The van der Waals surface area contributed by atoms with Crippen molar-refractivity contribution in [2.24, 2.45) is 5.73 Å². The van der Waals surface area contributed by atoms with Gasteiger partial charge in [0, 0.05) is 29.7 Å². The van der Waals surface area contributed by atoms with Gasteiger partial charge < -0.3 is 11.1 Å². The molecule has 0 radical (unpaired) electrons. The van der Waals surface area contributed by atoms with Crippen LogP contribution in [0.2, 0.25) is 0 Å². The van der Waals surface area contributed by atoms with E-state index in [-0.39, 0.29) is 24.5 Å². The molecule has 0 aliphatic rings. The fourth-order valence-corrected chi connectivity index (χ4v) is 2.43. The Morgan fingerprint density at radius 3 is 2.32 bits per heavy atom. The van der Waals surface area contributed by atoms with E-state index in [1.165, 1.54) is 24.3 Å². The highest BCUT2D eigenvalue weighted by atomic mass is 19.1. The summed E-state index contributed by atoms with van der Waals surface area (Å²) in [4.78, 5) is 35.1. The summed E-state index contributed by atoms with van der Waals surface area (Å²) < 4.78 is 12.8. The van der Waals surface area contributed by atoms with Crippen LogP contribution < -0.4 is 11.1 Å². The number of carbonyl (C=O) groups is 3. The Bertz CT molecular complexity index is 801. The van der Waals surface area contributed by atoms with Gasteiger partial charge in [-0.05, 0) is 61.4 Å². The van der Waals surface area contributed by atoms with E-state index >= 15 is 0 Å². The third-order valence-electron chi connectivity index (χ3n) is 3.75. The summed E-state index contributed by atoms with van der Waals surface area (Å²) in [6.45, 7) is 1.73. The molecule has 6 heteroatoms. The zero-order valence-corrected chi connectivity index (χ0v) is 13.8. The number of anilines is 1. The number of hydrogen-bond donors (Lipinski definition) is 2. The van der Waals surface area contributed by atoms with Crippen LogP contribution in [0.25, 0.3) is 0 Å². The summed E-state index contributed by atoms with van der Waals surface area (Å²) in [5, 5.41) is 2.72. The van der Waals surface area contributed by atoms with Crippen LogP contribution in [-0.2, 0) is 4.79 Å². The summed E-state index contributed by atoms with van der Waals surface area (Å²) in [5.41, 5.74) is 7.32. The SMILES string of the molecule is Cc1cc(NC(=O)CCCC(=O)c2ccc(F)cc2)ccc1C(N)=O. The highest BCUT2D eigenvalue weighted by Crippen LogP contribution is 2.16. The van der Waals surface area contributed by atoms with Crippen LogP contribution in [0.1, 0.15) is 45.5 Å². The van der Waals surface area contributed by atoms with Crippen LogP contribution in [-0.4, -0.2) is 17.6 Å².